The summed E-state index contributed by atoms with van der Waals surface area (Å²) in [6, 6.07) is 9.87. The van der Waals surface area contributed by atoms with Crippen LogP contribution in [0.15, 0.2) is 42.7 Å². The van der Waals surface area contributed by atoms with Gasteiger partial charge in [0.1, 0.15) is 11.5 Å². The number of nitrogen functional groups attached to an aromatic ring is 1. The minimum atomic E-state index is 0.657. The topological polar surface area (TPSA) is 61.7 Å². The summed E-state index contributed by atoms with van der Waals surface area (Å²) >= 11 is 0. The summed E-state index contributed by atoms with van der Waals surface area (Å²) in [7, 11) is 1.89. The molecule has 0 saturated heterocycles. The van der Waals surface area contributed by atoms with Gasteiger partial charge in [0.15, 0.2) is 0 Å². The van der Waals surface area contributed by atoms with E-state index in [1.807, 2.05) is 50.5 Å². The second kappa shape index (κ2) is 4.28. The summed E-state index contributed by atoms with van der Waals surface area (Å²) in [4.78, 5) is 0. The third kappa shape index (κ3) is 1.89. The van der Waals surface area contributed by atoms with Crippen LogP contribution in [0.4, 0.5) is 5.82 Å². The summed E-state index contributed by atoms with van der Waals surface area (Å²) in [5, 5.41) is 8.77. The highest BCUT2D eigenvalue weighted by Gasteiger charge is 2.15. The van der Waals surface area contributed by atoms with Gasteiger partial charge in [0.25, 0.3) is 0 Å². The number of aryl methyl sites for hydroxylation is 1. The summed E-state index contributed by atoms with van der Waals surface area (Å²) in [5.41, 5.74) is 9.92. The maximum absolute atomic E-state index is 6.15. The molecule has 5 nitrogen and oxygen atoms in total. The SMILES string of the molecule is Cc1c(-c2cnn(C)c2)nn(-c2ccccc2)c1N. The molecule has 0 saturated carbocycles. The number of anilines is 1. The Labute approximate surface area is 111 Å². The zero-order chi connectivity index (χ0) is 13.4. The monoisotopic (exact) mass is 253 g/mol. The Morgan fingerprint density at radius 3 is 2.53 bits per heavy atom. The van der Waals surface area contributed by atoms with E-state index in [0.29, 0.717) is 5.82 Å². The van der Waals surface area contributed by atoms with Gasteiger partial charge in [-0.3, -0.25) is 4.68 Å². The van der Waals surface area contributed by atoms with Gasteiger partial charge in [0, 0.05) is 24.4 Å². The molecule has 0 aliphatic rings. The number of para-hydroxylation sites is 1. The van der Waals surface area contributed by atoms with Gasteiger partial charge in [-0.15, -0.1) is 0 Å². The number of hydrogen-bond acceptors (Lipinski definition) is 3. The highest BCUT2D eigenvalue weighted by Crippen LogP contribution is 2.27. The van der Waals surface area contributed by atoms with Crippen molar-refractivity contribution in [3.63, 3.8) is 0 Å². The van der Waals surface area contributed by atoms with Gasteiger partial charge in [-0.25, -0.2) is 4.68 Å². The van der Waals surface area contributed by atoms with Gasteiger partial charge in [0.05, 0.1) is 11.9 Å². The number of benzene rings is 1. The predicted octanol–water partition coefficient (Wildman–Crippen LogP) is 2.16. The molecule has 19 heavy (non-hydrogen) atoms. The lowest BCUT2D eigenvalue weighted by Crippen LogP contribution is -2.01. The van der Waals surface area contributed by atoms with Gasteiger partial charge in [-0.1, -0.05) is 18.2 Å². The molecule has 5 heteroatoms. The predicted molar refractivity (Wildman–Crippen MR) is 74.9 cm³/mol. The fourth-order valence-electron chi connectivity index (χ4n) is 2.09. The molecule has 2 aromatic heterocycles. The van der Waals surface area contributed by atoms with Crippen molar-refractivity contribution < 1.29 is 0 Å². The van der Waals surface area contributed by atoms with Crippen LogP contribution in [0.1, 0.15) is 5.56 Å². The number of nitrogens with two attached hydrogens (primary N) is 1. The standard InChI is InChI=1S/C14H15N5/c1-10-13(11-8-16-18(2)9-11)17-19(14(10)15)12-6-4-3-5-7-12/h3-9H,15H2,1-2H3. The van der Waals surface area contributed by atoms with E-state index in [4.69, 9.17) is 5.73 Å². The molecule has 0 spiro atoms. The Hall–Kier alpha value is -2.56. The van der Waals surface area contributed by atoms with E-state index in [1.165, 1.54) is 0 Å². The fourth-order valence-corrected chi connectivity index (χ4v) is 2.09. The Bertz CT molecular complexity index is 709. The number of nitrogens with zero attached hydrogens (tertiary/aromatic N) is 4. The number of rotatable bonds is 2. The molecule has 2 heterocycles. The zero-order valence-electron chi connectivity index (χ0n) is 10.9. The maximum atomic E-state index is 6.15. The Balaban J connectivity index is 2.15. The average Bonchev–Trinajstić information content (AvgIpc) is 2.97. The summed E-state index contributed by atoms with van der Waals surface area (Å²) in [6.07, 6.45) is 3.73. The highest BCUT2D eigenvalue weighted by molar-refractivity contribution is 5.68. The lowest BCUT2D eigenvalue weighted by molar-refractivity contribution is 0.768. The molecule has 0 unspecified atom stereocenters. The van der Waals surface area contributed by atoms with Crippen LogP contribution in [0.5, 0.6) is 0 Å². The van der Waals surface area contributed by atoms with Crippen molar-refractivity contribution in [2.45, 2.75) is 6.92 Å². The first kappa shape index (κ1) is 11.5. The third-order valence-electron chi connectivity index (χ3n) is 3.15. The van der Waals surface area contributed by atoms with E-state index in [1.54, 1.807) is 15.6 Å². The molecule has 0 fully saturated rings. The molecule has 1 aromatic carbocycles. The van der Waals surface area contributed by atoms with Crippen LogP contribution >= 0.6 is 0 Å². The van der Waals surface area contributed by atoms with Crippen LogP contribution in [0.25, 0.3) is 16.9 Å². The van der Waals surface area contributed by atoms with Crippen molar-refractivity contribution in [3.8, 4) is 16.9 Å². The molecule has 0 aliphatic heterocycles. The van der Waals surface area contributed by atoms with Gasteiger partial charge in [-0.2, -0.15) is 10.2 Å². The van der Waals surface area contributed by atoms with Gasteiger partial charge < -0.3 is 5.73 Å². The number of aromatic nitrogens is 4. The summed E-state index contributed by atoms with van der Waals surface area (Å²) < 4.78 is 3.52. The summed E-state index contributed by atoms with van der Waals surface area (Å²) in [5.74, 6) is 0.657. The van der Waals surface area contributed by atoms with Crippen molar-refractivity contribution >= 4 is 5.82 Å². The van der Waals surface area contributed by atoms with E-state index < -0.39 is 0 Å². The zero-order valence-corrected chi connectivity index (χ0v) is 10.9. The van der Waals surface area contributed by atoms with Crippen LogP contribution in [-0.4, -0.2) is 19.6 Å². The van der Waals surface area contributed by atoms with Crippen molar-refractivity contribution in [1.29, 1.82) is 0 Å². The molecule has 3 rings (SSSR count). The molecule has 0 amide bonds. The molecule has 2 N–H and O–H groups in total. The molecule has 0 aliphatic carbocycles. The molecule has 0 radical (unpaired) electrons. The number of hydrogen-bond donors (Lipinski definition) is 1. The van der Waals surface area contributed by atoms with Crippen LogP contribution in [0, 0.1) is 6.92 Å². The molecular formula is C14H15N5. The van der Waals surface area contributed by atoms with Gasteiger partial charge in [-0.05, 0) is 19.1 Å². The van der Waals surface area contributed by atoms with Crippen molar-refractivity contribution in [3.05, 3.63) is 48.3 Å². The quantitative estimate of drug-likeness (QED) is 0.761. The first-order valence-corrected chi connectivity index (χ1v) is 6.06. The Kier molecular flexibility index (Phi) is 2.59. The van der Waals surface area contributed by atoms with Gasteiger partial charge in [0.2, 0.25) is 0 Å². The molecular weight excluding hydrogens is 238 g/mol. The largest absolute Gasteiger partial charge is 0.383 e. The van der Waals surface area contributed by atoms with Crippen LogP contribution in [0.3, 0.4) is 0 Å². The van der Waals surface area contributed by atoms with Crippen LogP contribution in [-0.2, 0) is 7.05 Å². The second-order valence-corrected chi connectivity index (χ2v) is 4.51. The van der Waals surface area contributed by atoms with E-state index >= 15 is 0 Å². The third-order valence-corrected chi connectivity index (χ3v) is 3.15. The Morgan fingerprint density at radius 2 is 1.89 bits per heavy atom. The second-order valence-electron chi connectivity index (χ2n) is 4.51. The average molecular weight is 253 g/mol. The first-order valence-electron chi connectivity index (χ1n) is 6.06. The molecule has 3 aromatic rings. The van der Waals surface area contributed by atoms with E-state index in [-0.39, 0.29) is 0 Å². The Morgan fingerprint density at radius 1 is 1.16 bits per heavy atom. The molecule has 0 atom stereocenters. The van der Waals surface area contributed by atoms with E-state index in [2.05, 4.69) is 10.2 Å². The smallest absolute Gasteiger partial charge is 0.130 e. The first-order chi connectivity index (χ1) is 9.16. The lowest BCUT2D eigenvalue weighted by Gasteiger charge is -2.02. The lowest BCUT2D eigenvalue weighted by atomic mass is 10.2. The van der Waals surface area contributed by atoms with Crippen LogP contribution in [0.2, 0.25) is 0 Å². The fraction of sp³-hybridized carbons (Fsp3) is 0.143. The summed E-state index contributed by atoms with van der Waals surface area (Å²) in [6.45, 7) is 1.98. The van der Waals surface area contributed by atoms with Crippen LogP contribution < -0.4 is 5.73 Å². The minimum absolute atomic E-state index is 0.657. The van der Waals surface area contributed by atoms with E-state index in [0.717, 1.165) is 22.5 Å². The van der Waals surface area contributed by atoms with Crippen molar-refractivity contribution in [2.75, 3.05) is 5.73 Å². The maximum Gasteiger partial charge on any atom is 0.130 e. The van der Waals surface area contributed by atoms with Gasteiger partial charge >= 0.3 is 0 Å². The van der Waals surface area contributed by atoms with E-state index in [9.17, 15) is 0 Å². The molecule has 0 bridgehead atoms. The van der Waals surface area contributed by atoms with Crippen molar-refractivity contribution in [2.24, 2.45) is 7.05 Å². The minimum Gasteiger partial charge on any atom is -0.383 e. The normalized spacial score (nSPS) is 10.8. The molecule has 96 valence electrons. The highest BCUT2D eigenvalue weighted by atomic mass is 15.3. The van der Waals surface area contributed by atoms with Crippen molar-refractivity contribution in [1.82, 2.24) is 19.6 Å².